The van der Waals surface area contributed by atoms with Crippen molar-refractivity contribution in [3.8, 4) is 0 Å². The molecule has 2 saturated heterocycles. The molecule has 0 aliphatic carbocycles. The van der Waals surface area contributed by atoms with E-state index < -0.39 is 5.60 Å². The molecule has 0 spiro atoms. The first-order valence-corrected chi connectivity index (χ1v) is 9.86. The average molecular weight is 351 g/mol. The molecule has 2 atom stereocenters. The SMILES string of the molecule is OC1(CCOCc2ccccc2)CC2CCC(C1)N2Cc1ccccc1. The highest BCUT2D eigenvalue weighted by Crippen LogP contribution is 2.43. The number of rotatable bonds is 7. The molecular weight excluding hydrogens is 322 g/mol. The van der Waals surface area contributed by atoms with Crippen LogP contribution in [0, 0.1) is 0 Å². The molecule has 2 aliphatic rings. The third kappa shape index (κ3) is 4.17. The normalized spacial score (nSPS) is 28.3. The van der Waals surface area contributed by atoms with E-state index in [9.17, 15) is 5.11 Å². The summed E-state index contributed by atoms with van der Waals surface area (Å²) in [7, 11) is 0. The van der Waals surface area contributed by atoms with Crippen LogP contribution in [0.25, 0.3) is 0 Å². The minimum Gasteiger partial charge on any atom is -0.390 e. The number of hydrogen-bond acceptors (Lipinski definition) is 3. The lowest BCUT2D eigenvalue weighted by atomic mass is 9.83. The van der Waals surface area contributed by atoms with E-state index >= 15 is 0 Å². The van der Waals surface area contributed by atoms with Gasteiger partial charge in [-0.2, -0.15) is 0 Å². The molecule has 2 aromatic rings. The molecule has 3 nitrogen and oxygen atoms in total. The van der Waals surface area contributed by atoms with Crippen molar-refractivity contribution >= 4 is 0 Å². The number of benzene rings is 2. The van der Waals surface area contributed by atoms with Gasteiger partial charge in [-0.15, -0.1) is 0 Å². The topological polar surface area (TPSA) is 32.7 Å². The fourth-order valence-corrected chi connectivity index (χ4v) is 4.70. The van der Waals surface area contributed by atoms with Gasteiger partial charge in [-0.3, -0.25) is 4.90 Å². The number of fused-ring (bicyclic) bond motifs is 2. The third-order valence-corrected chi connectivity index (χ3v) is 6.03. The summed E-state index contributed by atoms with van der Waals surface area (Å²) in [4.78, 5) is 2.62. The van der Waals surface area contributed by atoms with Gasteiger partial charge in [-0.25, -0.2) is 0 Å². The fraction of sp³-hybridized carbons (Fsp3) is 0.478. The first kappa shape index (κ1) is 17.7. The van der Waals surface area contributed by atoms with E-state index in [1.54, 1.807) is 0 Å². The molecule has 26 heavy (non-hydrogen) atoms. The van der Waals surface area contributed by atoms with Crippen molar-refractivity contribution in [3.63, 3.8) is 0 Å². The van der Waals surface area contributed by atoms with Crippen molar-refractivity contribution < 1.29 is 9.84 Å². The van der Waals surface area contributed by atoms with Crippen LogP contribution in [0.15, 0.2) is 60.7 Å². The Kier molecular flexibility index (Phi) is 5.39. The molecule has 0 amide bonds. The lowest BCUT2D eigenvalue weighted by Crippen LogP contribution is -2.51. The molecule has 0 aromatic heterocycles. The van der Waals surface area contributed by atoms with Gasteiger partial charge in [0, 0.05) is 25.2 Å². The van der Waals surface area contributed by atoms with E-state index in [-0.39, 0.29) is 0 Å². The number of aliphatic hydroxyl groups is 1. The van der Waals surface area contributed by atoms with Crippen LogP contribution in [0.2, 0.25) is 0 Å². The van der Waals surface area contributed by atoms with Crippen LogP contribution < -0.4 is 0 Å². The summed E-state index contributed by atoms with van der Waals surface area (Å²) in [6, 6.07) is 22.0. The Morgan fingerprint density at radius 2 is 1.46 bits per heavy atom. The zero-order valence-electron chi connectivity index (χ0n) is 15.4. The van der Waals surface area contributed by atoms with E-state index in [1.807, 2.05) is 18.2 Å². The number of ether oxygens (including phenoxy) is 1. The quantitative estimate of drug-likeness (QED) is 0.761. The zero-order chi connectivity index (χ0) is 17.8. The summed E-state index contributed by atoms with van der Waals surface area (Å²) in [6.07, 6.45) is 4.93. The van der Waals surface area contributed by atoms with E-state index in [0.29, 0.717) is 25.3 Å². The Morgan fingerprint density at radius 1 is 0.885 bits per heavy atom. The highest BCUT2D eigenvalue weighted by Gasteiger charge is 2.46. The predicted molar refractivity (Wildman–Crippen MR) is 104 cm³/mol. The molecule has 0 saturated carbocycles. The molecule has 2 aromatic carbocycles. The van der Waals surface area contributed by atoms with Gasteiger partial charge in [0.15, 0.2) is 0 Å². The van der Waals surface area contributed by atoms with Crippen molar-refractivity contribution in [2.24, 2.45) is 0 Å². The lowest BCUT2D eigenvalue weighted by molar-refractivity contribution is -0.0739. The molecule has 3 heteroatoms. The number of piperidine rings is 1. The molecule has 2 fully saturated rings. The third-order valence-electron chi connectivity index (χ3n) is 6.03. The van der Waals surface area contributed by atoms with E-state index in [2.05, 4.69) is 47.4 Å². The number of hydrogen-bond donors (Lipinski definition) is 1. The molecule has 2 bridgehead atoms. The van der Waals surface area contributed by atoms with Crippen LogP contribution in [0.4, 0.5) is 0 Å². The van der Waals surface area contributed by atoms with Crippen LogP contribution in [0.3, 0.4) is 0 Å². The summed E-state index contributed by atoms with van der Waals surface area (Å²) in [6.45, 7) is 2.27. The second-order valence-corrected chi connectivity index (χ2v) is 7.96. The maximum atomic E-state index is 11.1. The summed E-state index contributed by atoms with van der Waals surface area (Å²) in [5.74, 6) is 0. The molecule has 1 N–H and O–H groups in total. The van der Waals surface area contributed by atoms with Crippen molar-refractivity contribution in [1.82, 2.24) is 4.90 Å². The largest absolute Gasteiger partial charge is 0.390 e. The second-order valence-electron chi connectivity index (χ2n) is 7.96. The average Bonchev–Trinajstić information content (AvgIpc) is 2.91. The van der Waals surface area contributed by atoms with Gasteiger partial charge in [-0.05, 0) is 43.2 Å². The van der Waals surface area contributed by atoms with Gasteiger partial charge >= 0.3 is 0 Å². The monoisotopic (exact) mass is 351 g/mol. The van der Waals surface area contributed by atoms with Crippen molar-refractivity contribution in [3.05, 3.63) is 71.8 Å². The first-order valence-electron chi connectivity index (χ1n) is 9.86. The molecule has 0 radical (unpaired) electrons. The Bertz CT molecular complexity index is 674. The lowest BCUT2D eigenvalue weighted by Gasteiger charge is -2.44. The van der Waals surface area contributed by atoms with Crippen molar-refractivity contribution in [2.75, 3.05) is 6.61 Å². The Hall–Kier alpha value is -1.68. The zero-order valence-corrected chi connectivity index (χ0v) is 15.4. The molecule has 2 aliphatic heterocycles. The van der Waals surface area contributed by atoms with Gasteiger partial charge in [0.1, 0.15) is 0 Å². The summed E-state index contributed by atoms with van der Waals surface area (Å²) in [5, 5.41) is 11.1. The van der Waals surface area contributed by atoms with Gasteiger partial charge in [0.25, 0.3) is 0 Å². The van der Waals surface area contributed by atoms with Crippen molar-refractivity contribution in [1.29, 1.82) is 0 Å². The fourth-order valence-electron chi connectivity index (χ4n) is 4.70. The first-order chi connectivity index (χ1) is 12.7. The Morgan fingerprint density at radius 3 is 2.08 bits per heavy atom. The van der Waals surface area contributed by atoms with E-state index in [0.717, 1.165) is 25.8 Å². The van der Waals surface area contributed by atoms with Gasteiger partial charge < -0.3 is 9.84 Å². The minimum absolute atomic E-state index is 0.507. The van der Waals surface area contributed by atoms with Crippen LogP contribution >= 0.6 is 0 Å². The smallest absolute Gasteiger partial charge is 0.0716 e. The van der Waals surface area contributed by atoms with E-state index in [4.69, 9.17) is 4.74 Å². The standard InChI is InChI=1S/C23H29NO2/c25-23(13-14-26-18-20-9-5-2-6-10-20)15-21-11-12-22(16-23)24(21)17-19-7-3-1-4-8-19/h1-10,21-22,25H,11-18H2. The molecular formula is C23H29NO2. The van der Waals surface area contributed by atoms with Crippen LogP contribution in [0.1, 0.15) is 43.2 Å². The highest BCUT2D eigenvalue weighted by molar-refractivity contribution is 5.16. The maximum Gasteiger partial charge on any atom is 0.0716 e. The Labute approximate surface area is 156 Å². The number of nitrogens with zero attached hydrogens (tertiary/aromatic N) is 1. The summed E-state index contributed by atoms with van der Waals surface area (Å²) in [5.41, 5.74) is 2.01. The Balaban J connectivity index is 1.28. The van der Waals surface area contributed by atoms with Gasteiger partial charge in [-0.1, -0.05) is 60.7 Å². The van der Waals surface area contributed by atoms with E-state index in [1.165, 1.54) is 24.0 Å². The molecule has 138 valence electrons. The van der Waals surface area contributed by atoms with Crippen LogP contribution in [-0.4, -0.2) is 34.3 Å². The highest BCUT2D eigenvalue weighted by atomic mass is 16.5. The maximum absolute atomic E-state index is 11.1. The molecule has 2 unspecified atom stereocenters. The molecule has 2 heterocycles. The van der Waals surface area contributed by atoms with Crippen LogP contribution in [-0.2, 0) is 17.9 Å². The predicted octanol–water partition coefficient (Wildman–Crippen LogP) is 4.15. The molecule has 4 rings (SSSR count). The van der Waals surface area contributed by atoms with Gasteiger partial charge in [0.05, 0.1) is 12.2 Å². The second kappa shape index (κ2) is 7.91. The minimum atomic E-state index is -0.560. The summed E-state index contributed by atoms with van der Waals surface area (Å²) < 4.78 is 5.83. The van der Waals surface area contributed by atoms with Gasteiger partial charge in [0.2, 0.25) is 0 Å². The van der Waals surface area contributed by atoms with Crippen LogP contribution in [0.5, 0.6) is 0 Å². The summed E-state index contributed by atoms with van der Waals surface area (Å²) >= 11 is 0. The van der Waals surface area contributed by atoms with Crippen molar-refractivity contribution in [2.45, 2.75) is 62.9 Å².